The van der Waals surface area contributed by atoms with Crippen molar-refractivity contribution >= 4 is 22.8 Å². The van der Waals surface area contributed by atoms with E-state index in [-0.39, 0.29) is 5.95 Å². The van der Waals surface area contributed by atoms with Crippen molar-refractivity contribution in [2.45, 2.75) is 13.3 Å². The molecule has 0 unspecified atom stereocenters. The molecule has 0 radical (unpaired) electrons. The summed E-state index contributed by atoms with van der Waals surface area (Å²) in [6, 6.07) is 9.60. The van der Waals surface area contributed by atoms with Gasteiger partial charge in [0.15, 0.2) is 5.65 Å². The average Bonchev–Trinajstić information content (AvgIpc) is 3.12. The topological polar surface area (TPSA) is 135 Å². The van der Waals surface area contributed by atoms with Crippen molar-refractivity contribution in [2.24, 2.45) is 0 Å². The van der Waals surface area contributed by atoms with E-state index in [1.54, 1.807) is 0 Å². The highest BCUT2D eigenvalue weighted by Gasteiger charge is 2.15. The van der Waals surface area contributed by atoms with Crippen molar-refractivity contribution in [3.63, 3.8) is 0 Å². The number of fused-ring (bicyclic) bond motifs is 1. The van der Waals surface area contributed by atoms with Crippen molar-refractivity contribution in [3.05, 3.63) is 47.4 Å². The first-order chi connectivity index (χ1) is 11.6. The van der Waals surface area contributed by atoms with Crippen molar-refractivity contribution in [1.29, 1.82) is 0 Å². The van der Waals surface area contributed by atoms with Crippen LogP contribution < -0.4 is 11.5 Å². The number of nitrogen functional groups attached to an aromatic ring is 2. The molecule has 6 N–H and O–H groups in total. The molecule has 24 heavy (non-hydrogen) atoms. The van der Waals surface area contributed by atoms with Crippen LogP contribution in [0.25, 0.3) is 22.6 Å². The minimum atomic E-state index is 0.167. The Hall–Kier alpha value is -3.42. The maximum absolute atomic E-state index is 5.83. The Morgan fingerprint density at radius 3 is 2.71 bits per heavy atom. The normalized spacial score (nSPS) is 11.2. The van der Waals surface area contributed by atoms with Crippen molar-refractivity contribution < 1.29 is 0 Å². The van der Waals surface area contributed by atoms with Gasteiger partial charge in [0.25, 0.3) is 0 Å². The first-order valence-corrected chi connectivity index (χ1v) is 7.47. The van der Waals surface area contributed by atoms with Crippen LogP contribution in [0.4, 0.5) is 11.6 Å². The summed E-state index contributed by atoms with van der Waals surface area (Å²) in [6.45, 7) is 1.93. The molecule has 0 aliphatic carbocycles. The number of H-pyrrole nitrogens is 2. The monoisotopic (exact) mass is 320 g/mol. The van der Waals surface area contributed by atoms with E-state index in [0.717, 1.165) is 28.3 Å². The van der Waals surface area contributed by atoms with Gasteiger partial charge in [-0.1, -0.05) is 12.1 Å². The van der Waals surface area contributed by atoms with E-state index < -0.39 is 0 Å². The number of imidazole rings is 1. The number of anilines is 2. The second-order valence-electron chi connectivity index (χ2n) is 5.67. The van der Waals surface area contributed by atoms with Crippen LogP contribution in [0.3, 0.4) is 0 Å². The van der Waals surface area contributed by atoms with E-state index in [0.29, 0.717) is 23.5 Å². The van der Waals surface area contributed by atoms with Gasteiger partial charge in [0.2, 0.25) is 5.95 Å². The number of hydrogen-bond donors (Lipinski definition) is 4. The van der Waals surface area contributed by atoms with Gasteiger partial charge in [-0.05, 0) is 30.7 Å². The lowest BCUT2D eigenvalue weighted by Gasteiger charge is -2.00. The zero-order chi connectivity index (χ0) is 16.7. The number of aromatic nitrogens is 6. The highest BCUT2D eigenvalue weighted by atomic mass is 15.1. The molecule has 0 saturated heterocycles. The highest BCUT2D eigenvalue weighted by Crippen LogP contribution is 2.25. The van der Waals surface area contributed by atoms with Gasteiger partial charge >= 0.3 is 0 Å². The van der Waals surface area contributed by atoms with Crippen LogP contribution >= 0.6 is 0 Å². The van der Waals surface area contributed by atoms with Crippen molar-refractivity contribution in [1.82, 2.24) is 30.1 Å². The molecule has 0 saturated carbocycles. The SMILES string of the molecule is Cc1cc(-c2nc(N)nc3nc(Cc4cccc(N)c4)[nH]c23)n[nH]1. The number of nitrogens with two attached hydrogens (primary N) is 2. The molecule has 1 aromatic carbocycles. The van der Waals surface area contributed by atoms with Crippen molar-refractivity contribution in [3.8, 4) is 11.4 Å². The number of hydrogen-bond acceptors (Lipinski definition) is 6. The number of benzene rings is 1. The summed E-state index contributed by atoms with van der Waals surface area (Å²) in [7, 11) is 0. The lowest BCUT2D eigenvalue weighted by Crippen LogP contribution is -1.98. The molecule has 4 rings (SSSR count). The number of nitrogens with one attached hydrogen (secondary N) is 2. The fraction of sp³-hybridized carbons (Fsp3) is 0.125. The summed E-state index contributed by atoms with van der Waals surface area (Å²) in [5.74, 6) is 0.934. The Morgan fingerprint density at radius 1 is 1.08 bits per heavy atom. The first kappa shape index (κ1) is 14.2. The number of aryl methyl sites for hydroxylation is 1. The van der Waals surface area contributed by atoms with Gasteiger partial charge in [-0.2, -0.15) is 10.1 Å². The second kappa shape index (κ2) is 5.34. The fourth-order valence-electron chi connectivity index (χ4n) is 2.67. The molecule has 3 heterocycles. The van der Waals surface area contributed by atoms with Crippen LogP contribution in [-0.2, 0) is 6.42 Å². The van der Waals surface area contributed by atoms with Gasteiger partial charge in [-0.25, -0.2) is 9.97 Å². The Kier molecular flexibility index (Phi) is 3.16. The van der Waals surface area contributed by atoms with E-state index in [1.807, 2.05) is 37.3 Å². The lowest BCUT2D eigenvalue weighted by atomic mass is 10.1. The molecule has 8 heteroatoms. The molecule has 3 aromatic heterocycles. The number of nitrogens with zero attached hydrogens (tertiary/aromatic N) is 4. The van der Waals surface area contributed by atoms with Gasteiger partial charge in [0, 0.05) is 17.8 Å². The maximum Gasteiger partial charge on any atom is 0.222 e. The minimum Gasteiger partial charge on any atom is -0.399 e. The predicted octanol–water partition coefficient (Wildman–Crippen LogP) is 1.81. The zero-order valence-electron chi connectivity index (χ0n) is 13.0. The summed E-state index contributed by atoms with van der Waals surface area (Å²) in [4.78, 5) is 16.3. The lowest BCUT2D eigenvalue weighted by molar-refractivity contribution is 1.03. The van der Waals surface area contributed by atoms with Crippen LogP contribution in [0, 0.1) is 6.92 Å². The largest absolute Gasteiger partial charge is 0.399 e. The molecule has 0 fully saturated rings. The molecule has 8 nitrogen and oxygen atoms in total. The van der Waals surface area contributed by atoms with Gasteiger partial charge in [-0.15, -0.1) is 0 Å². The fourth-order valence-corrected chi connectivity index (χ4v) is 2.67. The van der Waals surface area contributed by atoms with E-state index in [9.17, 15) is 0 Å². The molecule has 0 bridgehead atoms. The third-order valence-electron chi connectivity index (χ3n) is 3.69. The molecule has 4 aromatic rings. The molecule has 0 spiro atoms. The summed E-state index contributed by atoms with van der Waals surface area (Å²) in [5, 5.41) is 7.15. The third kappa shape index (κ3) is 2.54. The van der Waals surface area contributed by atoms with Crippen LogP contribution in [0.5, 0.6) is 0 Å². The quantitative estimate of drug-likeness (QED) is 0.425. The maximum atomic E-state index is 5.83. The Morgan fingerprint density at radius 2 is 1.96 bits per heavy atom. The van der Waals surface area contributed by atoms with E-state index >= 15 is 0 Å². The molecule has 0 aliphatic rings. The average molecular weight is 320 g/mol. The standard InChI is InChI=1S/C16H16N8/c1-8-5-11(24-23-8)13-14-15(22-16(18)21-13)20-12(19-14)7-9-3-2-4-10(17)6-9/h2-6H,7,17H2,1H3,(H,23,24)(H3,18,19,20,21,22). The predicted molar refractivity (Wildman–Crippen MR) is 92.1 cm³/mol. The van der Waals surface area contributed by atoms with Gasteiger partial charge in [0.05, 0.1) is 0 Å². The molecular formula is C16H16N8. The Bertz CT molecular complexity index is 1030. The van der Waals surface area contributed by atoms with E-state index in [1.165, 1.54) is 0 Å². The molecule has 0 atom stereocenters. The van der Waals surface area contributed by atoms with Crippen LogP contribution in [-0.4, -0.2) is 30.1 Å². The third-order valence-corrected chi connectivity index (χ3v) is 3.69. The molecule has 0 amide bonds. The van der Waals surface area contributed by atoms with Gasteiger partial charge in [-0.3, -0.25) is 5.10 Å². The van der Waals surface area contributed by atoms with E-state index in [4.69, 9.17) is 11.5 Å². The van der Waals surface area contributed by atoms with Crippen LogP contribution in [0.1, 0.15) is 17.1 Å². The van der Waals surface area contributed by atoms with Gasteiger partial charge < -0.3 is 16.5 Å². The first-order valence-electron chi connectivity index (χ1n) is 7.47. The summed E-state index contributed by atoms with van der Waals surface area (Å²) in [6.07, 6.45) is 0.611. The van der Waals surface area contributed by atoms with Crippen LogP contribution in [0.2, 0.25) is 0 Å². The second-order valence-corrected chi connectivity index (χ2v) is 5.67. The number of rotatable bonds is 3. The molecule has 120 valence electrons. The van der Waals surface area contributed by atoms with Crippen molar-refractivity contribution in [2.75, 3.05) is 11.5 Å². The van der Waals surface area contributed by atoms with Gasteiger partial charge in [0.1, 0.15) is 22.7 Å². The molecular weight excluding hydrogens is 304 g/mol. The minimum absolute atomic E-state index is 0.167. The number of aromatic amines is 2. The zero-order valence-corrected chi connectivity index (χ0v) is 13.0. The van der Waals surface area contributed by atoms with E-state index in [2.05, 4.69) is 30.1 Å². The molecule has 0 aliphatic heterocycles. The summed E-state index contributed by atoms with van der Waals surface area (Å²) in [5.41, 5.74) is 16.9. The summed E-state index contributed by atoms with van der Waals surface area (Å²) >= 11 is 0. The highest BCUT2D eigenvalue weighted by molar-refractivity contribution is 5.87. The smallest absolute Gasteiger partial charge is 0.222 e. The Labute approximate surface area is 137 Å². The Balaban J connectivity index is 1.80. The summed E-state index contributed by atoms with van der Waals surface area (Å²) < 4.78 is 0. The van der Waals surface area contributed by atoms with Crippen LogP contribution in [0.15, 0.2) is 30.3 Å².